The maximum absolute atomic E-state index is 11.0. The predicted octanol–water partition coefficient (Wildman–Crippen LogP) is 1.49. The van der Waals surface area contributed by atoms with Crippen molar-refractivity contribution >= 4 is 11.9 Å². The minimum Gasteiger partial charge on any atom is -0.489 e. The van der Waals surface area contributed by atoms with Gasteiger partial charge in [-0.25, -0.2) is 0 Å². The number of para-hydroxylation sites is 1. The third-order valence-corrected chi connectivity index (χ3v) is 3.05. The van der Waals surface area contributed by atoms with Crippen molar-refractivity contribution in [3.63, 3.8) is 0 Å². The van der Waals surface area contributed by atoms with Crippen molar-refractivity contribution < 1.29 is 14.3 Å². The van der Waals surface area contributed by atoms with Gasteiger partial charge in [0.2, 0.25) is 0 Å². The van der Waals surface area contributed by atoms with Gasteiger partial charge in [-0.2, -0.15) is 0 Å². The fourth-order valence-electron chi connectivity index (χ4n) is 1.79. The van der Waals surface area contributed by atoms with Crippen LogP contribution in [0, 0.1) is 6.92 Å². The molecule has 1 aromatic rings. The number of aryl methyl sites for hydroxylation is 1. The third kappa shape index (κ3) is 6.47. The second-order valence-electron chi connectivity index (χ2n) is 4.90. The summed E-state index contributed by atoms with van der Waals surface area (Å²) in [5.74, 6) is 1.26. The highest BCUT2D eigenvalue weighted by Gasteiger charge is 2.07. The van der Waals surface area contributed by atoms with Crippen molar-refractivity contribution in [2.45, 2.75) is 26.4 Å². The van der Waals surface area contributed by atoms with E-state index in [1.807, 2.05) is 38.1 Å². The number of benzene rings is 1. The standard InChI is InChI=1S/C16H25N3O3/c1-12-7-5-6-8-14(12)22-13(2)11-19-16(17-3)18-10-9-15(20)21-4/h5-8,13H,9-11H2,1-4H3,(H2,17,18,19). The van der Waals surface area contributed by atoms with Crippen molar-refractivity contribution in [3.05, 3.63) is 29.8 Å². The van der Waals surface area contributed by atoms with Crippen LogP contribution in [-0.2, 0) is 9.53 Å². The maximum atomic E-state index is 11.0. The fraction of sp³-hybridized carbons (Fsp3) is 0.500. The van der Waals surface area contributed by atoms with Crippen LogP contribution in [0.4, 0.5) is 0 Å². The number of ether oxygens (including phenoxy) is 2. The van der Waals surface area contributed by atoms with Gasteiger partial charge in [-0.05, 0) is 25.5 Å². The van der Waals surface area contributed by atoms with Gasteiger partial charge < -0.3 is 20.1 Å². The van der Waals surface area contributed by atoms with Crippen LogP contribution in [0.5, 0.6) is 5.75 Å². The van der Waals surface area contributed by atoms with Crippen LogP contribution < -0.4 is 15.4 Å². The van der Waals surface area contributed by atoms with Crippen LogP contribution >= 0.6 is 0 Å². The highest BCUT2D eigenvalue weighted by Crippen LogP contribution is 2.17. The second kappa shape index (κ2) is 9.65. The molecule has 1 unspecified atom stereocenters. The largest absolute Gasteiger partial charge is 0.489 e. The Morgan fingerprint density at radius 2 is 2.05 bits per heavy atom. The lowest BCUT2D eigenvalue weighted by Crippen LogP contribution is -2.42. The quantitative estimate of drug-likeness (QED) is 0.454. The summed E-state index contributed by atoms with van der Waals surface area (Å²) in [6, 6.07) is 7.91. The van der Waals surface area contributed by atoms with E-state index in [-0.39, 0.29) is 12.1 Å². The third-order valence-electron chi connectivity index (χ3n) is 3.05. The van der Waals surface area contributed by atoms with Crippen LogP contribution in [0.1, 0.15) is 18.9 Å². The molecule has 0 aliphatic carbocycles. The van der Waals surface area contributed by atoms with Crippen molar-refractivity contribution in [1.82, 2.24) is 10.6 Å². The molecule has 0 spiro atoms. The zero-order chi connectivity index (χ0) is 16.4. The molecule has 0 aromatic heterocycles. The number of carbonyl (C=O) groups is 1. The number of nitrogens with zero attached hydrogens (tertiary/aromatic N) is 1. The molecular formula is C16H25N3O3. The summed E-state index contributed by atoms with van der Waals surface area (Å²) in [5, 5.41) is 6.21. The summed E-state index contributed by atoms with van der Waals surface area (Å²) >= 11 is 0. The summed E-state index contributed by atoms with van der Waals surface area (Å²) in [5.41, 5.74) is 1.11. The summed E-state index contributed by atoms with van der Waals surface area (Å²) < 4.78 is 10.5. The van der Waals surface area contributed by atoms with Crippen LogP contribution in [0.15, 0.2) is 29.3 Å². The molecule has 0 saturated heterocycles. The van der Waals surface area contributed by atoms with Crippen LogP contribution in [0.2, 0.25) is 0 Å². The second-order valence-corrected chi connectivity index (χ2v) is 4.90. The number of esters is 1. The van der Waals surface area contributed by atoms with Gasteiger partial charge in [-0.15, -0.1) is 0 Å². The highest BCUT2D eigenvalue weighted by atomic mass is 16.5. The minimum absolute atomic E-state index is 0.0137. The van der Waals surface area contributed by atoms with Gasteiger partial charge in [0.1, 0.15) is 11.9 Å². The lowest BCUT2D eigenvalue weighted by atomic mass is 10.2. The molecule has 0 aliphatic heterocycles. The lowest BCUT2D eigenvalue weighted by molar-refractivity contribution is -0.140. The first-order chi connectivity index (χ1) is 10.6. The molecule has 6 nitrogen and oxygen atoms in total. The molecule has 0 heterocycles. The van der Waals surface area contributed by atoms with E-state index in [0.717, 1.165) is 11.3 Å². The molecule has 1 atom stereocenters. The van der Waals surface area contributed by atoms with Crippen molar-refractivity contribution in [2.75, 3.05) is 27.2 Å². The molecule has 0 aliphatic rings. The maximum Gasteiger partial charge on any atom is 0.307 e. The van der Waals surface area contributed by atoms with Gasteiger partial charge in [0.15, 0.2) is 5.96 Å². The first-order valence-electron chi connectivity index (χ1n) is 7.30. The molecular weight excluding hydrogens is 282 g/mol. The number of hydrogen-bond donors (Lipinski definition) is 2. The van der Waals surface area contributed by atoms with E-state index in [4.69, 9.17) is 4.74 Å². The van der Waals surface area contributed by atoms with Crippen LogP contribution in [0.25, 0.3) is 0 Å². The molecule has 0 fully saturated rings. The topological polar surface area (TPSA) is 72.0 Å². The normalized spacial score (nSPS) is 12.5. The molecule has 1 rings (SSSR count). The Morgan fingerprint density at radius 3 is 2.68 bits per heavy atom. The summed E-state index contributed by atoms with van der Waals surface area (Å²) in [6.07, 6.45) is 0.284. The summed E-state index contributed by atoms with van der Waals surface area (Å²) in [4.78, 5) is 15.1. The van der Waals surface area contributed by atoms with Gasteiger partial charge in [-0.3, -0.25) is 9.79 Å². The van der Waals surface area contributed by atoms with Gasteiger partial charge >= 0.3 is 5.97 Å². The van der Waals surface area contributed by atoms with E-state index in [0.29, 0.717) is 25.5 Å². The van der Waals surface area contributed by atoms with E-state index in [2.05, 4.69) is 20.4 Å². The first kappa shape index (κ1) is 17.8. The van der Waals surface area contributed by atoms with E-state index in [9.17, 15) is 4.79 Å². The van der Waals surface area contributed by atoms with Gasteiger partial charge in [0, 0.05) is 13.6 Å². The Morgan fingerprint density at radius 1 is 1.32 bits per heavy atom. The molecule has 0 saturated carbocycles. The smallest absolute Gasteiger partial charge is 0.307 e. The monoisotopic (exact) mass is 307 g/mol. The van der Waals surface area contributed by atoms with E-state index in [1.165, 1.54) is 7.11 Å². The first-order valence-corrected chi connectivity index (χ1v) is 7.30. The molecule has 2 N–H and O–H groups in total. The number of guanidine groups is 1. The number of hydrogen-bond acceptors (Lipinski definition) is 4. The highest BCUT2D eigenvalue weighted by molar-refractivity contribution is 5.80. The zero-order valence-electron chi connectivity index (χ0n) is 13.7. The fourth-order valence-corrected chi connectivity index (χ4v) is 1.79. The number of aliphatic imine (C=N–C) groups is 1. The SMILES string of the molecule is CN=C(NCCC(=O)OC)NCC(C)Oc1ccccc1C. The van der Waals surface area contributed by atoms with Crippen molar-refractivity contribution in [3.8, 4) is 5.75 Å². The molecule has 22 heavy (non-hydrogen) atoms. The molecule has 0 radical (unpaired) electrons. The molecule has 122 valence electrons. The summed E-state index contributed by atoms with van der Waals surface area (Å²) in [7, 11) is 3.06. The molecule has 0 bridgehead atoms. The Bertz CT molecular complexity index is 503. The van der Waals surface area contributed by atoms with Gasteiger partial charge in [0.05, 0.1) is 20.1 Å². The number of rotatable bonds is 7. The van der Waals surface area contributed by atoms with Crippen LogP contribution in [-0.4, -0.2) is 45.3 Å². The number of nitrogens with one attached hydrogen (secondary N) is 2. The van der Waals surface area contributed by atoms with E-state index >= 15 is 0 Å². The lowest BCUT2D eigenvalue weighted by Gasteiger charge is -2.18. The van der Waals surface area contributed by atoms with Crippen molar-refractivity contribution in [2.24, 2.45) is 4.99 Å². The van der Waals surface area contributed by atoms with Crippen LogP contribution in [0.3, 0.4) is 0 Å². The number of methoxy groups -OCH3 is 1. The Hall–Kier alpha value is -2.24. The molecule has 0 amide bonds. The molecule has 6 heteroatoms. The Labute approximate surface area is 131 Å². The van der Waals surface area contributed by atoms with E-state index in [1.54, 1.807) is 7.05 Å². The Kier molecular flexibility index (Phi) is 7.81. The molecule has 1 aromatic carbocycles. The predicted molar refractivity (Wildman–Crippen MR) is 87.3 cm³/mol. The average molecular weight is 307 g/mol. The minimum atomic E-state index is -0.251. The van der Waals surface area contributed by atoms with Gasteiger partial charge in [0.25, 0.3) is 0 Å². The van der Waals surface area contributed by atoms with Gasteiger partial charge in [-0.1, -0.05) is 18.2 Å². The summed E-state index contributed by atoms with van der Waals surface area (Å²) in [6.45, 7) is 5.08. The number of carbonyl (C=O) groups excluding carboxylic acids is 1. The average Bonchev–Trinajstić information content (AvgIpc) is 2.52. The zero-order valence-corrected chi connectivity index (χ0v) is 13.7. The van der Waals surface area contributed by atoms with Crippen molar-refractivity contribution in [1.29, 1.82) is 0 Å². The van der Waals surface area contributed by atoms with E-state index < -0.39 is 0 Å². The Balaban J connectivity index is 2.33.